The van der Waals surface area contributed by atoms with Crippen LogP contribution in [0.25, 0.3) is 22.4 Å². The minimum absolute atomic E-state index is 0.953. The Morgan fingerprint density at radius 1 is 0.576 bits per heavy atom. The highest BCUT2D eigenvalue weighted by Gasteiger charge is 2.18. The first-order valence-corrected chi connectivity index (χ1v) is 12.7. The summed E-state index contributed by atoms with van der Waals surface area (Å²) in [4.78, 5) is 0. The largest absolute Gasteiger partial charge is 0.344 e. The highest BCUT2D eigenvalue weighted by Crippen LogP contribution is 2.35. The summed E-state index contributed by atoms with van der Waals surface area (Å²) in [6, 6.07) is 35.1. The van der Waals surface area contributed by atoms with Crippen LogP contribution in [-0.2, 0) is 13.0 Å². The van der Waals surface area contributed by atoms with Crippen molar-refractivity contribution in [2.45, 2.75) is 64.8 Å². The van der Waals surface area contributed by atoms with Crippen LogP contribution in [0.5, 0.6) is 0 Å². The molecule has 3 aromatic carbocycles. The molecule has 0 N–H and O–H groups in total. The Hall–Kier alpha value is -3.06. The van der Waals surface area contributed by atoms with E-state index in [-0.39, 0.29) is 0 Å². The molecular formula is C32H37N. The van der Waals surface area contributed by atoms with E-state index in [0.717, 1.165) is 13.0 Å². The number of hydrogen-bond donors (Lipinski definition) is 0. The summed E-state index contributed by atoms with van der Waals surface area (Å²) in [7, 11) is 0. The summed E-state index contributed by atoms with van der Waals surface area (Å²) in [5.41, 5.74) is 8.11. The van der Waals surface area contributed by atoms with Gasteiger partial charge in [0, 0.05) is 29.9 Å². The zero-order valence-electron chi connectivity index (χ0n) is 20.0. The van der Waals surface area contributed by atoms with Crippen LogP contribution in [0.15, 0.2) is 97.1 Å². The van der Waals surface area contributed by atoms with Crippen LogP contribution in [0, 0.1) is 0 Å². The van der Waals surface area contributed by atoms with E-state index in [9.17, 15) is 0 Å². The van der Waals surface area contributed by atoms with Gasteiger partial charge in [0.05, 0.1) is 0 Å². The molecule has 4 aromatic rings. The number of unbranched alkanes of at least 4 members (excludes halogenated alkanes) is 6. The van der Waals surface area contributed by atoms with Gasteiger partial charge in [-0.15, -0.1) is 0 Å². The predicted molar refractivity (Wildman–Crippen MR) is 143 cm³/mol. The number of rotatable bonds is 12. The molecule has 1 aromatic heterocycles. The first kappa shape index (κ1) is 23.1. The molecule has 0 aliphatic rings. The van der Waals surface area contributed by atoms with Crippen LogP contribution < -0.4 is 0 Å². The Kier molecular flexibility index (Phi) is 8.58. The monoisotopic (exact) mass is 435 g/mol. The average Bonchev–Trinajstić information content (AvgIpc) is 3.23. The van der Waals surface area contributed by atoms with Crippen molar-refractivity contribution < 1.29 is 0 Å². The first-order valence-electron chi connectivity index (χ1n) is 12.7. The number of aromatic nitrogens is 1. The van der Waals surface area contributed by atoms with Gasteiger partial charge in [-0.05, 0) is 29.2 Å². The fourth-order valence-electron chi connectivity index (χ4n) is 4.77. The molecule has 0 aliphatic heterocycles. The van der Waals surface area contributed by atoms with Gasteiger partial charge >= 0.3 is 0 Å². The van der Waals surface area contributed by atoms with E-state index in [0.29, 0.717) is 0 Å². The lowest BCUT2D eigenvalue weighted by Crippen LogP contribution is -2.07. The molecule has 0 unspecified atom stereocenters. The normalized spacial score (nSPS) is 11.1. The Balaban J connectivity index is 1.68. The van der Waals surface area contributed by atoms with Gasteiger partial charge in [0.1, 0.15) is 0 Å². The van der Waals surface area contributed by atoms with Gasteiger partial charge < -0.3 is 4.57 Å². The second-order valence-corrected chi connectivity index (χ2v) is 9.06. The molecule has 4 rings (SSSR count). The minimum Gasteiger partial charge on any atom is -0.344 e. The van der Waals surface area contributed by atoms with Gasteiger partial charge in [-0.3, -0.25) is 0 Å². The quantitative estimate of drug-likeness (QED) is 0.195. The smallest absolute Gasteiger partial charge is 0.0489 e. The third-order valence-electron chi connectivity index (χ3n) is 6.56. The van der Waals surface area contributed by atoms with Gasteiger partial charge in [-0.2, -0.15) is 0 Å². The second kappa shape index (κ2) is 12.3. The van der Waals surface area contributed by atoms with Crippen molar-refractivity contribution in [1.82, 2.24) is 4.57 Å². The topological polar surface area (TPSA) is 4.93 Å². The maximum absolute atomic E-state index is 2.61. The van der Waals surface area contributed by atoms with Gasteiger partial charge in [-0.1, -0.05) is 136 Å². The van der Waals surface area contributed by atoms with Crippen LogP contribution in [-0.4, -0.2) is 4.57 Å². The van der Waals surface area contributed by atoms with E-state index in [4.69, 9.17) is 0 Å². The van der Waals surface area contributed by atoms with Gasteiger partial charge in [0.25, 0.3) is 0 Å². The summed E-state index contributed by atoms with van der Waals surface area (Å²) in [6.45, 7) is 3.36. The Labute approximate surface area is 200 Å². The van der Waals surface area contributed by atoms with Crippen molar-refractivity contribution in [3.8, 4) is 22.4 Å². The Bertz CT molecular complexity index is 1080. The fraction of sp³-hybridized carbons (Fsp3) is 0.312. The average molecular weight is 436 g/mol. The van der Waals surface area contributed by atoms with Crippen LogP contribution >= 0.6 is 0 Å². The van der Waals surface area contributed by atoms with Gasteiger partial charge in [-0.25, -0.2) is 0 Å². The standard InChI is InChI=1S/C32H37N/c1-2-3-4-5-6-7-17-24-33-31(29-22-15-10-16-23-29)26-30(28-20-13-9-14-21-28)32(33)25-27-18-11-8-12-19-27/h8-16,18-23,26H,2-7,17,24-25H2,1H3. The predicted octanol–water partition coefficient (Wildman–Crippen LogP) is 9.16. The molecule has 0 aliphatic carbocycles. The fourth-order valence-corrected chi connectivity index (χ4v) is 4.77. The van der Waals surface area contributed by atoms with Crippen LogP contribution in [0.1, 0.15) is 63.1 Å². The lowest BCUT2D eigenvalue weighted by atomic mass is 10.0. The summed E-state index contributed by atoms with van der Waals surface area (Å²) in [5.74, 6) is 0. The molecule has 1 heteroatoms. The van der Waals surface area contributed by atoms with E-state index in [1.165, 1.54) is 78.6 Å². The maximum Gasteiger partial charge on any atom is 0.0489 e. The molecule has 0 saturated heterocycles. The van der Waals surface area contributed by atoms with Crippen molar-refractivity contribution >= 4 is 0 Å². The Morgan fingerprint density at radius 2 is 1.12 bits per heavy atom. The summed E-state index contributed by atoms with van der Waals surface area (Å²) < 4.78 is 2.61. The zero-order chi connectivity index (χ0) is 22.7. The van der Waals surface area contributed by atoms with Gasteiger partial charge in [0.15, 0.2) is 0 Å². The van der Waals surface area contributed by atoms with E-state index in [2.05, 4.69) is 109 Å². The second-order valence-electron chi connectivity index (χ2n) is 9.06. The third-order valence-corrected chi connectivity index (χ3v) is 6.56. The molecule has 0 bridgehead atoms. The van der Waals surface area contributed by atoms with Crippen molar-refractivity contribution in [3.05, 3.63) is 108 Å². The molecule has 1 heterocycles. The summed E-state index contributed by atoms with van der Waals surface area (Å²) in [5, 5.41) is 0. The number of nitrogens with zero attached hydrogens (tertiary/aromatic N) is 1. The molecular weight excluding hydrogens is 398 g/mol. The molecule has 0 fully saturated rings. The lowest BCUT2D eigenvalue weighted by molar-refractivity contribution is 0.547. The SMILES string of the molecule is CCCCCCCCCn1c(-c2ccccc2)cc(-c2ccccc2)c1Cc1ccccc1. The van der Waals surface area contributed by atoms with Crippen LogP contribution in [0.4, 0.5) is 0 Å². The summed E-state index contributed by atoms with van der Waals surface area (Å²) in [6.07, 6.45) is 10.3. The van der Waals surface area contributed by atoms with Gasteiger partial charge in [0.2, 0.25) is 0 Å². The molecule has 0 amide bonds. The minimum atomic E-state index is 0.953. The molecule has 0 radical (unpaired) electrons. The van der Waals surface area contributed by atoms with Crippen LogP contribution in [0.3, 0.4) is 0 Å². The van der Waals surface area contributed by atoms with E-state index in [1.807, 2.05) is 0 Å². The highest BCUT2D eigenvalue weighted by atomic mass is 15.0. The Morgan fingerprint density at radius 3 is 1.76 bits per heavy atom. The van der Waals surface area contributed by atoms with E-state index in [1.54, 1.807) is 0 Å². The molecule has 170 valence electrons. The number of benzene rings is 3. The maximum atomic E-state index is 2.61. The van der Waals surface area contributed by atoms with E-state index >= 15 is 0 Å². The molecule has 0 atom stereocenters. The molecule has 33 heavy (non-hydrogen) atoms. The van der Waals surface area contributed by atoms with Crippen LogP contribution in [0.2, 0.25) is 0 Å². The van der Waals surface area contributed by atoms with Crippen molar-refractivity contribution in [3.63, 3.8) is 0 Å². The molecule has 1 nitrogen and oxygen atoms in total. The highest BCUT2D eigenvalue weighted by molar-refractivity contribution is 5.75. The third kappa shape index (κ3) is 6.26. The molecule has 0 saturated carbocycles. The first-order chi connectivity index (χ1) is 16.4. The van der Waals surface area contributed by atoms with E-state index < -0.39 is 0 Å². The van der Waals surface area contributed by atoms with Crippen molar-refractivity contribution in [1.29, 1.82) is 0 Å². The molecule has 0 spiro atoms. The van der Waals surface area contributed by atoms with Crippen molar-refractivity contribution in [2.24, 2.45) is 0 Å². The summed E-state index contributed by atoms with van der Waals surface area (Å²) >= 11 is 0. The van der Waals surface area contributed by atoms with Crippen molar-refractivity contribution in [2.75, 3.05) is 0 Å². The number of hydrogen-bond acceptors (Lipinski definition) is 0. The lowest BCUT2D eigenvalue weighted by Gasteiger charge is -2.15. The zero-order valence-corrected chi connectivity index (χ0v) is 20.0.